The van der Waals surface area contributed by atoms with E-state index in [1.165, 1.54) is 0 Å². The van der Waals surface area contributed by atoms with Gasteiger partial charge in [-0.3, -0.25) is 0 Å². The van der Waals surface area contributed by atoms with Crippen LogP contribution in [0.15, 0.2) is 70.6 Å². The van der Waals surface area contributed by atoms with Gasteiger partial charge in [-0.15, -0.1) is 0 Å². The maximum Gasteiger partial charge on any atom is 0.222 e. The van der Waals surface area contributed by atoms with Crippen molar-refractivity contribution < 1.29 is 0 Å². The van der Waals surface area contributed by atoms with Gasteiger partial charge in [0.15, 0.2) is 0 Å². The number of nitrogens with one attached hydrogen (secondary N) is 1. The van der Waals surface area contributed by atoms with Gasteiger partial charge < -0.3 is 5.32 Å². The molecule has 2 heterocycles. The van der Waals surface area contributed by atoms with Gasteiger partial charge in [-0.25, -0.2) is 15.0 Å². The first kappa shape index (κ1) is 14.6. The number of hydrogen-bond donors (Lipinski definition) is 1. The van der Waals surface area contributed by atoms with E-state index >= 15 is 0 Å². The normalized spacial score (nSPS) is 16.4. The fraction of sp³-hybridized carbons (Fsp3) is 0.150. The lowest BCUT2D eigenvalue weighted by Crippen LogP contribution is -2.08. The van der Waals surface area contributed by atoms with E-state index in [9.17, 15) is 0 Å². The lowest BCUT2D eigenvalue weighted by Gasteiger charge is -2.11. The Bertz CT molecular complexity index is 929. The molecule has 0 aliphatic carbocycles. The van der Waals surface area contributed by atoms with Gasteiger partial charge in [0.1, 0.15) is 0 Å². The minimum atomic E-state index is 0.175. The molecular weight excluding hydrogens is 296 g/mol. The van der Waals surface area contributed by atoms with Crippen LogP contribution in [0.5, 0.6) is 0 Å². The van der Waals surface area contributed by atoms with Crippen molar-refractivity contribution in [3.63, 3.8) is 0 Å². The fourth-order valence-electron chi connectivity index (χ4n) is 2.80. The summed E-state index contributed by atoms with van der Waals surface area (Å²) < 4.78 is 0. The van der Waals surface area contributed by atoms with Gasteiger partial charge in [0.2, 0.25) is 5.96 Å². The van der Waals surface area contributed by atoms with Crippen LogP contribution < -0.4 is 5.32 Å². The first-order valence-electron chi connectivity index (χ1n) is 8.17. The number of aliphatic imine (C=N–C) groups is 2. The molecule has 4 nitrogen and oxygen atoms in total. The number of hydrogen-bond acceptors (Lipinski definition) is 4. The Morgan fingerprint density at radius 2 is 1.79 bits per heavy atom. The quantitative estimate of drug-likeness (QED) is 0.772. The summed E-state index contributed by atoms with van der Waals surface area (Å²) in [4.78, 5) is 13.8. The minimum absolute atomic E-state index is 0.175. The number of rotatable bonds is 3. The standard InChI is InChI=1S/C20H18N4/c1-2-15-13-21-20(22-15)24-19-12-18(14-8-4-3-5-9-14)23-17-11-7-6-10-16(17)19/h3-13,15H,2H2,1H3,(H,22,23,24). The van der Waals surface area contributed by atoms with Gasteiger partial charge >= 0.3 is 0 Å². The molecule has 0 amide bonds. The molecule has 0 saturated heterocycles. The molecule has 0 fully saturated rings. The summed E-state index contributed by atoms with van der Waals surface area (Å²) in [7, 11) is 0. The molecule has 0 saturated carbocycles. The van der Waals surface area contributed by atoms with Crippen LogP contribution in [0.1, 0.15) is 13.3 Å². The molecule has 24 heavy (non-hydrogen) atoms. The molecule has 0 bridgehead atoms. The largest absolute Gasteiger partial charge is 0.324 e. The average Bonchev–Trinajstić information content (AvgIpc) is 3.10. The highest BCUT2D eigenvalue weighted by Gasteiger charge is 2.13. The van der Waals surface area contributed by atoms with Crippen LogP contribution >= 0.6 is 0 Å². The first-order chi connectivity index (χ1) is 11.8. The topological polar surface area (TPSA) is 49.6 Å². The van der Waals surface area contributed by atoms with Crippen molar-refractivity contribution in [2.45, 2.75) is 19.4 Å². The van der Waals surface area contributed by atoms with Crippen molar-refractivity contribution in [2.24, 2.45) is 9.98 Å². The predicted octanol–water partition coefficient (Wildman–Crippen LogP) is 4.53. The van der Waals surface area contributed by atoms with Crippen LogP contribution in [0.25, 0.3) is 22.2 Å². The summed E-state index contributed by atoms with van der Waals surface area (Å²) in [5.41, 5.74) is 3.96. The van der Waals surface area contributed by atoms with E-state index in [2.05, 4.69) is 46.5 Å². The van der Waals surface area contributed by atoms with Crippen LogP contribution in [0.4, 0.5) is 5.69 Å². The van der Waals surface area contributed by atoms with Crippen LogP contribution in [-0.4, -0.2) is 23.2 Å². The maximum atomic E-state index is 4.79. The van der Waals surface area contributed by atoms with E-state index in [-0.39, 0.29) is 6.04 Å². The highest BCUT2D eigenvalue weighted by molar-refractivity contribution is 6.07. The second-order valence-electron chi connectivity index (χ2n) is 5.77. The number of para-hydroxylation sites is 1. The Morgan fingerprint density at radius 3 is 2.58 bits per heavy atom. The Hall–Kier alpha value is -3.01. The van der Waals surface area contributed by atoms with E-state index in [1.807, 2.05) is 42.6 Å². The van der Waals surface area contributed by atoms with Crippen molar-refractivity contribution in [1.29, 1.82) is 0 Å². The zero-order chi connectivity index (χ0) is 16.4. The minimum Gasteiger partial charge on any atom is -0.324 e. The van der Waals surface area contributed by atoms with Crippen LogP contribution in [0.2, 0.25) is 0 Å². The first-order valence-corrected chi connectivity index (χ1v) is 8.17. The number of aromatic nitrogens is 1. The third-order valence-corrected chi connectivity index (χ3v) is 4.11. The van der Waals surface area contributed by atoms with Gasteiger partial charge in [-0.1, -0.05) is 55.5 Å². The molecule has 1 aliphatic rings. The van der Waals surface area contributed by atoms with Crippen molar-refractivity contribution >= 4 is 28.8 Å². The van der Waals surface area contributed by atoms with Gasteiger partial charge in [0.25, 0.3) is 0 Å². The molecular formula is C20H18N4. The lowest BCUT2D eigenvalue weighted by molar-refractivity contribution is 0.847. The molecule has 1 aliphatic heterocycles. The summed E-state index contributed by atoms with van der Waals surface area (Å²) in [5, 5.41) is 4.44. The molecule has 2 aromatic carbocycles. The van der Waals surface area contributed by atoms with Crippen LogP contribution in [-0.2, 0) is 0 Å². The van der Waals surface area contributed by atoms with E-state index in [1.54, 1.807) is 0 Å². The summed E-state index contributed by atoms with van der Waals surface area (Å²) in [6.07, 6.45) is 2.85. The molecule has 1 aromatic heterocycles. The van der Waals surface area contributed by atoms with Gasteiger partial charge in [-0.05, 0) is 18.6 Å². The Labute approximate surface area is 141 Å². The zero-order valence-electron chi connectivity index (χ0n) is 13.5. The van der Waals surface area contributed by atoms with Gasteiger partial charge in [0, 0.05) is 17.2 Å². The molecule has 1 atom stereocenters. The third kappa shape index (κ3) is 2.78. The third-order valence-electron chi connectivity index (χ3n) is 4.11. The molecule has 4 heteroatoms. The molecule has 118 valence electrons. The van der Waals surface area contributed by atoms with Crippen LogP contribution in [0.3, 0.4) is 0 Å². The van der Waals surface area contributed by atoms with Gasteiger partial charge in [0.05, 0.1) is 22.9 Å². The Balaban J connectivity index is 1.80. The number of benzene rings is 2. The highest BCUT2D eigenvalue weighted by Crippen LogP contribution is 2.28. The van der Waals surface area contributed by atoms with Crippen molar-refractivity contribution in [2.75, 3.05) is 5.32 Å². The predicted molar refractivity (Wildman–Crippen MR) is 101 cm³/mol. The summed E-state index contributed by atoms with van der Waals surface area (Å²) in [5.74, 6) is 0.664. The van der Waals surface area contributed by atoms with E-state index in [4.69, 9.17) is 4.98 Å². The average molecular weight is 314 g/mol. The zero-order valence-corrected chi connectivity index (χ0v) is 13.5. The number of pyridine rings is 1. The Morgan fingerprint density at radius 1 is 1.00 bits per heavy atom. The summed E-state index contributed by atoms with van der Waals surface area (Å²) >= 11 is 0. The number of nitrogens with zero attached hydrogens (tertiary/aromatic N) is 3. The molecule has 1 unspecified atom stereocenters. The number of guanidine groups is 1. The second kappa shape index (κ2) is 6.24. The fourth-order valence-corrected chi connectivity index (χ4v) is 2.80. The van der Waals surface area contributed by atoms with Crippen LogP contribution in [0, 0.1) is 0 Å². The molecule has 0 spiro atoms. The molecule has 4 rings (SSSR count). The molecule has 0 radical (unpaired) electrons. The number of fused-ring (bicyclic) bond motifs is 1. The van der Waals surface area contributed by atoms with E-state index in [0.29, 0.717) is 5.96 Å². The SMILES string of the molecule is CCC1C=NC(Nc2cc(-c3ccccc3)nc3ccccc23)=N1. The van der Waals surface area contributed by atoms with Crippen molar-refractivity contribution in [3.8, 4) is 11.3 Å². The smallest absolute Gasteiger partial charge is 0.222 e. The number of anilines is 1. The van der Waals surface area contributed by atoms with Gasteiger partial charge in [-0.2, -0.15) is 0 Å². The monoisotopic (exact) mass is 314 g/mol. The van der Waals surface area contributed by atoms with Crippen molar-refractivity contribution in [3.05, 3.63) is 60.7 Å². The molecule has 1 N–H and O–H groups in total. The lowest BCUT2D eigenvalue weighted by atomic mass is 10.1. The summed E-state index contributed by atoms with van der Waals surface area (Å²) in [6, 6.07) is 20.6. The van der Waals surface area contributed by atoms with E-state index < -0.39 is 0 Å². The molecule has 3 aromatic rings. The summed E-state index contributed by atoms with van der Waals surface area (Å²) in [6.45, 7) is 2.11. The van der Waals surface area contributed by atoms with E-state index in [0.717, 1.165) is 34.3 Å². The van der Waals surface area contributed by atoms with Crippen molar-refractivity contribution in [1.82, 2.24) is 4.98 Å². The second-order valence-corrected chi connectivity index (χ2v) is 5.77. The highest BCUT2D eigenvalue weighted by atomic mass is 15.2. The maximum absolute atomic E-state index is 4.79. The Kier molecular flexibility index (Phi) is 3.79.